The summed E-state index contributed by atoms with van der Waals surface area (Å²) in [6.45, 7) is 5.07. The topological polar surface area (TPSA) is 46.9 Å². The van der Waals surface area contributed by atoms with E-state index in [0.29, 0.717) is 6.54 Å². The lowest BCUT2D eigenvalue weighted by Crippen LogP contribution is -2.48. The Morgan fingerprint density at radius 3 is 2.52 bits per heavy atom. The van der Waals surface area contributed by atoms with E-state index in [2.05, 4.69) is 45.2 Å². The van der Waals surface area contributed by atoms with Gasteiger partial charge in [-0.05, 0) is 40.8 Å². The van der Waals surface area contributed by atoms with Crippen molar-refractivity contribution < 1.29 is 14.3 Å². The van der Waals surface area contributed by atoms with E-state index in [1.807, 2.05) is 35.2 Å². The zero-order chi connectivity index (χ0) is 22.2. The van der Waals surface area contributed by atoms with Gasteiger partial charge < -0.3 is 18.9 Å². The van der Waals surface area contributed by atoms with E-state index >= 15 is 0 Å². The lowest BCUT2D eigenvalue weighted by atomic mass is 10.2. The van der Waals surface area contributed by atoms with Gasteiger partial charge in [0.25, 0.3) is 5.91 Å². The molecule has 0 radical (unpaired) electrons. The van der Waals surface area contributed by atoms with Gasteiger partial charge in [-0.1, -0.05) is 36.4 Å². The van der Waals surface area contributed by atoms with Crippen LogP contribution in [0.5, 0.6) is 11.5 Å². The Labute approximate surface area is 196 Å². The van der Waals surface area contributed by atoms with Crippen LogP contribution < -0.4 is 9.47 Å². The minimum absolute atomic E-state index is 0.110. The summed E-state index contributed by atoms with van der Waals surface area (Å²) in [5.41, 5.74) is 4.26. The summed E-state index contributed by atoms with van der Waals surface area (Å²) in [6.07, 6.45) is 0. The molecule has 0 unspecified atom stereocenters. The van der Waals surface area contributed by atoms with Crippen molar-refractivity contribution >= 4 is 27.5 Å². The first kappa shape index (κ1) is 20.3. The molecule has 0 saturated carbocycles. The number of amides is 1. The van der Waals surface area contributed by atoms with E-state index in [9.17, 15) is 4.79 Å². The molecule has 0 aliphatic carbocycles. The lowest BCUT2D eigenvalue weighted by Gasteiger charge is -2.35. The Morgan fingerprint density at radius 1 is 0.848 bits per heavy atom. The van der Waals surface area contributed by atoms with Gasteiger partial charge >= 0.3 is 0 Å². The van der Waals surface area contributed by atoms with Crippen molar-refractivity contribution in [2.24, 2.45) is 0 Å². The van der Waals surface area contributed by atoms with Crippen molar-refractivity contribution in [1.29, 1.82) is 0 Å². The lowest BCUT2D eigenvalue weighted by molar-refractivity contribution is 0.0619. The molecular formula is C26H25N3O3S. The molecule has 7 heteroatoms. The number of thiophene rings is 1. The van der Waals surface area contributed by atoms with E-state index in [-0.39, 0.29) is 12.7 Å². The third-order valence-electron chi connectivity index (χ3n) is 6.43. The van der Waals surface area contributed by atoms with E-state index in [1.54, 1.807) is 11.3 Å². The normalized spacial score (nSPS) is 15.9. The number of hydrogen-bond acceptors (Lipinski definition) is 5. The fourth-order valence-electron chi connectivity index (χ4n) is 4.66. The molecule has 33 heavy (non-hydrogen) atoms. The number of rotatable bonds is 5. The molecule has 2 aliphatic rings. The summed E-state index contributed by atoms with van der Waals surface area (Å²) < 4.78 is 14.3. The minimum Gasteiger partial charge on any atom is -0.454 e. The van der Waals surface area contributed by atoms with Crippen molar-refractivity contribution in [3.8, 4) is 11.5 Å². The van der Waals surface area contributed by atoms with Crippen LogP contribution in [0.2, 0.25) is 0 Å². The SMILES string of the molecule is O=C(c1cc2sccc2n1Cc1ccc2c(c1)OCO2)N1CCN(Cc2ccccc2)CC1. The van der Waals surface area contributed by atoms with Crippen LogP contribution in [0.15, 0.2) is 66.0 Å². The Morgan fingerprint density at radius 2 is 1.67 bits per heavy atom. The standard InChI is InChI=1S/C26H25N3O3S/c30-26(28-11-9-27(10-12-28)16-19-4-2-1-3-5-19)22-15-25-21(8-13-33-25)29(22)17-20-6-7-23-24(14-20)32-18-31-23/h1-8,13-15H,9-12,16-18H2. The smallest absolute Gasteiger partial charge is 0.270 e. The fourth-order valence-corrected chi connectivity index (χ4v) is 5.48. The average Bonchev–Trinajstić information content (AvgIpc) is 3.57. The van der Waals surface area contributed by atoms with Crippen LogP contribution in [-0.4, -0.2) is 53.2 Å². The monoisotopic (exact) mass is 459 g/mol. The predicted octanol–water partition coefficient (Wildman–Crippen LogP) is 4.44. The number of carbonyl (C=O) groups excluding carboxylic acids is 1. The summed E-state index contributed by atoms with van der Waals surface area (Å²) in [5, 5.41) is 2.08. The third-order valence-corrected chi connectivity index (χ3v) is 7.28. The maximum absolute atomic E-state index is 13.6. The maximum Gasteiger partial charge on any atom is 0.270 e. The van der Waals surface area contributed by atoms with Crippen molar-refractivity contribution in [3.63, 3.8) is 0 Å². The van der Waals surface area contributed by atoms with E-state index in [4.69, 9.17) is 9.47 Å². The number of aromatic nitrogens is 1. The average molecular weight is 460 g/mol. The third kappa shape index (κ3) is 3.98. The summed E-state index contributed by atoms with van der Waals surface area (Å²) in [4.78, 5) is 18.0. The second kappa shape index (κ2) is 8.57. The summed E-state index contributed by atoms with van der Waals surface area (Å²) in [7, 11) is 0. The van der Waals surface area contributed by atoms with Gasteiger partial charge in [0.05, 0.1) is 10.2 Å². The number of piperazine rings is 1. The molecule has 0 atom stereocenters. The summed E-state index contributed by atoms with van der Waals surface area (Å²) in [5.74, 6) is 1.65. The van der Waals surface area contributed by atoms with Gasteiger partial charge in [-0.2, -0.15) is 0 Å². The Hall–Kier alpha value is -3.29. The Balaban J connectivity index is 1.20. The van der Waals surface area contributed by atoms with Crippen molar-refractivity contribution in [2.45, 2.75) is 13.1 Å². The molecule has 0 bridgehead atoms. The highest BCUT2D eigenvalue weighted by Crippen LogP contribution is 2.34. The van der Waals surface area contributed by atoms with Gasteiger partial charge in [0.1, 0.15) is 5.69 Å². The molecule has 1 fully saturated rings. The van der Waals surface area contributed by atoms with Crippen molar-refractivity contribution in [2.75, 3.05) is 33.0 Å². The van der Waals surface area contributed by atoms with Crippen LogP contribution in [0.25, 0.3) is 10.2 Å². The number of ether oxygens (including phenoxy) is 2. The molecule has 168 valence electrons. The van der Waals surface area contributed by atoms with Crippen LogP contribution in [0, 0.1) is 0 Å². The molecule has 1 saturated heterocycles. The molecule has 1 amide bonds. The van der Waals surface area contributed by atoms with Gasteiger partial charge in [-0.15, -0.1) is 11.3 Å². The van der Waals surface area contributed by atoms with Crippen molar-refractivity contribution in [1.82, 2.24) is 14.4 Å². The highest BCUT2D eigenvalue weighted by molar-refractivity contribution is 7.17. The molecule has 6 nitrogen and oxygen atoms in total. The highest BCUT2D eigenvalue weighted by Gasteiger charge is 2.26. The molecule has 6 rings (SSSR count). The molecule has 0 N–H and O–H groups in total. The largest absolute Gasteiger partial charge is 0.454 e. The van der Waals surface area contributed by atoms with Gasteiger partial charge in [0.15, 0.2) is 11.5 Å². The van der Waals surface area contributed by atoms with Gasteiger partial charge in [-0.3, -0.25) is 9.69 Å². The van der Waals surface area contributed by atoms with Crippen LogP contribution in [-0.2, 0) is 13.1 Å². The van der Waals surface area contributed by atoms with Gasteiger partial charge in [0, 0.05) is 39.3 Å². The first-order valence-electron chi connectivity index (χ1n) is 11.3. The molecule has 2 aromatic heterocycles. The van der Waals surface area contributed by atoms with Gasteiger partial charge in [-0.25, -0.2) is 0 Å². The Kier molecular flexibility index (Phi) is 5.28. The van der Waals surface area contributed by atoms with Crippen LogP contribution in [0.3, 0.4) is 0 Å². The highest BCUT2D eigenvalue weighted by atomic mass is 32.1. The summed E-state index contributed by atoms with van der Waals surface area (Å²) in [6, 6.07) is 20.7. The molecule has 2 aromatic carbocycles. The van der Waals surface area contributed by atoms with Gasteiger partial charge in [0.2, 0.25) is 6.79 Å². The maximum atomic E-state index is 13.6. The molecule has 0 spiro atoms. The molecule has 4 heterocycles. The van der Waals surface area contributed by atoms with E-state index in [0.717, 1.165) is 65.7 Å². The zero-order valence-corrected chi connectivity index (χ0v) is 19.1. The minimum atomic E-state index is 0.110. The van der Waals surface area contributed by atoms with Crippen LogP contribution in [0.4, 0.5) is 0 Å². The predicted molar refractivity (Wildman–Crippen MR) is 129 cm³/mol. The molecule has 4 aromatic rings. The number of hydrogen-bond donors (Lipinski definition) is 0. The number of benzene rings is 2. The quantitative estimate of drug-likeness (QED) is 0.443. The second-order valence-electron chi connectivity index (χ2n) is 8.53. The molecule has 2 aliphatic heterocycles. The number of carbonyl (C=O) groups is 1. The van der Waals surface area contributed by atoms with E-state index < -0.39 is 0 Å². The number of nitrogens with zero attached hydrogens (tertiary/aromatic N) is 3. The second-order valence-corrected chi connectivity index (χ2v) is 9.48. The first-order valence-corrected chi connectivity index (χ1v) is 12.1. The van der Waals surface area contributed by atoms with Crippen molar-refractivity contribution in [3.05, 3.63) is 82.9 Å². The zero-order valence-electron chi connectivity index (χ0n) is 18.3. The van der Waals surface area contributed by atoms with Crippen LogP contribution >= 0.6 is 11.3 Å². The summed E-state index contributed by atoms with van der Waals surface area (Å²) >= 11 is 1.67. The van der Waals surface area contributed by atoms with Crippen LogP contribution in [0.1, 0.15) is 21.6 Å². The first-order chi connectivity index (χ1) is 16.2. The fraction of sp³-hybridized carbons (Fsp3) is 0.269. The number of fused-ring (bicyclic) bond motifs is 2. The molecular weight excluding hydrogens is 434 g/mol. The van der Waals surface area contributed by atoms with E-state index in [1.165, 1.54) is 5.56 Å². The Bertz CT molecular complexity index is 1290.